The van der Waals surface area contributed by atoms with Crippen molar-refractivity contribution in [2.45, 2.75) is 25.7 Å². The maximum atomic E-state index is 13.2. The molecule has 1 aromatic carbocycles. The zero-order chi connectivity index (χ0) is 26.0. The van der Waals surface area contributed by atoms with Crippen LogP contribution in [0.3, 0.4) is 0 Å². The average molecular weight is 498 g/mol. The largest absolute Gasteiger partial charge is 0.406 e. The number of fused-ring (bicyclic) bond motifs is 1. The summed E-state index contributed by atoms with van der Waals surface area (Å²) in [5, 5.41) is 0.722. The SMILES string of the molecule is C[C@@H](N)C(=O)N(CC(F)(F)F)c1cncc(-c2c[nH]c3ncc(-c4ccccc4CN(C)C)cc23)n1. The number of H-pyrrole nitrogens is 1. The van der Waals surface area contributed by atoms with Crippen LogP contribution >= 0.6 is 0 Å². The first-order valence-electron chi connectivity index (χ1n) is 11.2. The maximum absolute atomic E-state index is 13.2. The molecule has 0 aliphatic carbocycles. The summed E-state index contributed by atoms with van der Waals surface area (Å²) < 4.78 is 39.6. The number of aromatic nitrogens is 4. The number of carbonyl (C=O) groups is 1. The Morgan fingerprint density at radius 3 is 2.58 bits per heavy atom. The van der Waals surface area contributed by atoms with Gasteiger partial charge in [-0.2, -0.15) is 13.2 Å². The molecule has 0 aliphatic heterocycles. The number of hydrogen-bond donors (Lipinski definition) is 2. The fourth-order valence-electron chi connectivity index (χ4n) is 3.96. The second kappa shape index (κ2) is 10.0. The minimum absolute atomic E-state index is 0.234. The molecule has 3 N–H and O–H groups in total. The van der Waals surface area contributed by atoms with Crippen molar-refractivity contribution in [3.63, 3.8) is 0 Å². The van der Waals surface area contributed by atoms with Crippen LogP contribution in [-0.4, -0.2) is 63.6 Å². The Morgan fingerprint density at radius 2 is 1.89 bits per heavy atom. The molecule has 4 aromatic rings. The van der Waals surface area contributed by atoms with E-state index in [9.17, 15) is 18.0 Å². The summed E-state index contributed by atoms with van der Waals surface area (Å²) in [6.45, 7) is 0.544. The number of amides is 1. The highest BCUT2D eigenvalue weighted by atomic mass is 19.4. The van der Waals surface area contributed by atoms with E-state index in [1.165, 1.54) is 13.1 Å². The number of nitrogens with one attached hydrogen (secondary N) is 1. The smallest absolute Gasteiger partial charge is 0.345 e. The summed E-state index contributed by atoms with van der Waals surface area (Å²) >= 11 is 0. The molecule has 1 atom stereocenters. The predicted molar refractivity (Wildman–Crippen MR) is 132 cm³/mol. The minimum atomic E-state index is -4.64. The number of pyridine rings is 1. The molecule has 0 saturated carbocycles. The number of aromatic amines is 1. The normalized spacial score (nSPS) is 12.8. The zero-order valence-corrected chi connectivity index (χ0v) is 20.0. The van der Waals surface area contributed by atoms with E-state index in [4.69, 9.17) is 5.73 Å². The number of nitrogens with zero attached hydrogens (tertiary/aromatic N) is 5. The van der Waals surface area contributed by atoms with Crippen molar-refractivity contribution in [2.24, 2.45) is 5.73 Å². The van der Waals surface area contributed by atoms with Gasteiger partial charge >= 0.3 is 6.18 Å². The van der Waals surface area contributed by atoms with E-state index in [0.29, 0.717) is 21.8 Å². The summed E-state index contributed by atoms with van der Waals surface area (Å²) in [5.74, 6) is -1.14. The minimum Gasteiger partial charge on any atom is -0.345 e. The summed E-state index contributed by atoms with van der Waals surface area (Å²) in [4.78, 5) is 31.1. The van der Waals surface area contributed by atoms with E-state index in [1.54, 1.807) is 12.4 Å². The monoisotopic (exact) mass is 497 g/mol. The van der Waals surface area contributed by atoms with Crippen LogP contribution in [0.4, 0.5) is 19.0 Å². The van der Waals surface area contributed by atoms with Gasteiger partial charge in [0.15, 0.2) is 5.82 Å². The highest BCUT2D eigenvalue weighted by Gasteiger charge is 2.35. The number of rotatable bonds is 7. The van der Waals surface area contributed by atoms with Gasteiger partial charge in [0.1, 0.15) is 12.2 Å². The molecule has 188 valence electrons. The number of halogens is 3. The Bertz CT molecular complexity index is 1380. The van der Waals surface area contributed by atoms with Crippen LogP contribution in [0.5, 0.6) is 0 Å². The van der Waals surface area contributed by atoms with Crippen LogP contribution in [0.1, 0.15) is 12.5 Å². The first-order chi connectivity index (χ1) is 17.0. The average Bonchev–Trinajstić information content (AvgIpc) is 3.25. The highest BCUT2D eigenvalue weighted by molar-refractivity contribution is 5.97. The summed E-state index contributed by atoms with van der Waals surface area (Å²) in [7, 11) is 3.98. The van der Waals surface area contributed by atoms with Crippen molar-refractivity contribution in [3.05, 3.63) is 60.7 Å². The van der Waals surface area contributed by atoms with Crippen molar-refractivity contribution < 1.29 is 18.0 Å². The van der Waals surface area contributed by atoms with E-state index in [1.807, 2.05) is 38.4 Å². The topological polar surface area (TPSA) is 104 Å². The molecule has 0 unspecified atom stereocenters. The molecule has 11 heteroatoms. The van der Waals surface area contributed by atoms with Gasteiger partial charge in [-0.3, -0.25) is 14.7 Å². The maximum Gasteiger partial charge on any atom is 0.406 e. The van der Waals surface area contributed by atoms with Crippen molar-refractivity contribution in [2.75, 3.05) is 25.5 Å². The molecule has 8 nitrogen and oxygen atoms in total. The Balaban J connectivity index is 1.78. The third-order valence-corrected chi connectivity index (χ3v) is 5.51. The van der Waals surface area contributed by atoms with E-state index in [0.717, 1.165) is 34.8 Å². The van der Waals surface area contributed by atoms with Gasteiger partial charge in [-0.1, -0.05) is 24.3 Å². The second-order valence-corrected chi connectivity index (χ2v) is 8.81. The quantitative estimate of drug-likeness (QED) is 0.400. The standard InChI is InChI=1S/C25H26F3N7O/c1-15(29)24(36)35(14-25(26,27)28)22-12-30-11-21(33-22)20-10-32-23-19(20)8-17(9-31-23)18-7-5-4-6-16(18)13-34(2)3/h4-12,15H,13-14,29H2,1-3H3,(H,31,32)/t15-/m1/s1. The van der Waals surface area contributed by atoms with Crippen LogP contribution in [0, 0.1) is 0 Å². The molecule has 0 aliphatic rings. The molecule has 3 aromatic heterocycles. The Hall–Kier alpha value is -3.83. The fourth-order valence-corrected chi connectivity index (χ4v) is 3.96. The van der Waals surface area contributed by atoms with Crippen LogP contribution in [-0.2, 0) is 11.3 Å². The molecule has 4 rings (SSSR count). The molecular formula is C25H26F3N7O. The molecule has 0 bridgehead atoms. The Morgan fingerprint density at radius 1 is 1.14 bits per heavy atom. The van der Waals surface area contributed by atoms with E-state index >= 15 is 0 Å². The highest BCUT2D eigenvalue weighted by Crippen LogP contribution is 2.32. The number of benzene rings is 1. The van der Waals surface area contributed by atoms with Gasteiger partial charge in [-0.15, -0.1) is 0 Å². The van der Waals surface area contributed by atoms with Crippen LogP contribution in [0.25, 0.3) is 33.4 Å². The van der Waals surface area contributed by atoms with E-state index < -0.39 is 24.7 Å². The van der Waals surface area contributed by atoms with Crippen molar-refractivity contribution >= 4 is 22.8 Å². The molecule has 0 spiro atoms. The van der Waals surface area contributed by atoms with Crippen LogP contribution in [0.2, 0.25) is 0 Å². The van der Waals surface area contributed by atoms with Gasteiger partial charge in [-0.25, -0.2) is 9.97 Å². The lowest BCUT2D eigenvalue weighted by Crippen LogP contribution is -2.47. The van der Waals surface area contributed by atoms with Gasteiger partial charge < -0.3 is 15.6 Å². The van der Waals surface area contributed by atoms with Crippen LogP contribution in [0.15, 0.2) is 55.1 Å². The lowest BCUT2D eigenvalue weighted by atomic mass is 9.99. The Labute approximate surface area is 206 Å². The van der Waals surface area contributed by atoms with Gasteiger partial charge in [0.05, 0.1) is 24.1 Å². The summed E-state index contributed by atoms with van der Waals surface area (Å²) in [6, 6.07) is 8.82. The molecule has 1 amide bonds. The third-order valence-electron chi connectivity index (χ3n) is 5.51. The van der Waals surface area contributed by atoms with Crippen molar-refractivity contribution in [1.29, 1.82) is 0 Å². The third kappa shape index (κ3) is 5.52. The number of anilines is 1. The van der Waals surface area contributed by atoms with E-state index in [2.05, 4.69) is 30.9 Å². The number of hydrogen-bond acceptors (Lipinski definition) is 6. The molecule has 0 saturated heterocycles. The lowest BCUT2D eigenvalue weighted by molar-refractivity contribution is -0.133. The van der Waals surface area contributed by atoms with E-state index in [-0.39, 0.29) is 5.82 Å². The molecule has 0 fully saturated rings. The zero-order valence-electron chi connectivity index (χ0n) is 20.0. The van der Waals surface area contributed by atoms with Crippen molar-refractivity contribution in [3.8, 4) is 22.4 Å². The van der Waals surface area contributed by atoms with Gasteiger partial charge in [0.2, 0.25) is 5.91 Å². The van der Waals surface area contributed by atoms with Gasteiger partial charge in [0, 0.05) is 35.5 Å². The molecule has 36 heavy (non-hydrogen) atoms. The summed E-state index contributed by atoms with van der Waals surface area (Å²) in [6.07, 6.45) is 1.35. The van der Waals surface area contributed by atoms with Gasteiger partial charge in [-0.05, 0) is 38.2 Å². The predicted octanol–water partition coefficient (Wildman–Crippen LogP) is 3.99. The fraction of sp³-hybridized carbons (Fsp3) is 0.280. The molecular weight excluding hydrogens is 471 g/mol. The number of nitrogens with two attached hydrogens (primary N) is 1. The molecule has 0 radical (unpaired) electrons. The van der Waals surface area contributed by atoms with Crippen LogP contribution < -0.4 is 10.6 Å². The second-order valence-electron chi connectivity index (χ2n) is 8.81. The first kappa shape index (κ1) is 25.3. The molecule has 3 heterocycles. The summed E-state index contributed by atoms with van der Waals surface area (Å²) in [5.41, 5.74) is 10.1. The first-order valence-corrected chi connectivity index (χ1v) is 11.2. The Kier molecular flexibility index (Phi) is 7.04. The number of carbonyl (C=O) groups excluding carboxylic acids is 1. The lowest BCUT2D eigenvalue weighted by Gasteiger charge is -2.24. The van der Waals surface area contributed by atoms with Gasteiger partial charge in [0.25, 0.3) is 0 Å². The number of alkyl halides is 3. The van der Waals surface area contributed by atoms with Crippen molar-refractivity contribution in [1.82, 2.24) is 24.8 Å².